The van der Waals surface area contributed by atoms with Crippen LogP contribution in [-0.4, -0.2) is 45.7 Å². The summed E-state index contributed by atoms with van der Waals surface area (Å²) in [6, 6.07) is -1.15. The minimum Gasteiger partial charge on any atom is -0.497 e. The third kappa shape index (κ3) is 3.83. The predicted molar refractivity (Wildman–Crippen MR) is 70.9 cm³/mol. The van der Waals surface area contributed by atoms with E-state index >= 15 is 0 Å². The van der Waals surface area contributed by atoms with Crippen LogP contribution in [0.5, 0.6) is 0 Å². The van der Waals surface area contributed by atoms with Crippen LogP contribution >= 0.6 is 0 Å². The molecule has 0 bridgehead atoms. The van der Waals surface area contributed by atoms with Gasteiger partial charge in [-0.1, -0.05) is 0 Å². The quantitative estimate of drug-likeness (QED) is 0.772. The Bertz CT molecular complexity index is 599. The summed E-state index contributed by atoms with van der Waals surface area (Å²) in [4.78, 5) is 0. The molecule has 0 aromatic carbocycles. The second-order valence-corrected chi connectivity index (χ2v) is 6.39. The summed E-state index contributed by atoms with van der Waals surface area (Å²) in [5, 5.41) is 0. The van der Waals surface area contributed by atoms with Crippen LogP contribution in [0.15, 0.2) is 24.0 Å². The molecule has 0 saturated heterocycles. The van der Waals surface area contributed by atoms with Gasteiger partial charge < -0.3 is 15.2 Å². The van der Waals surface area contributed by atoms with E-state index in [1.807, 2.05) is 0 Å². The topological polar surface area (TPSA) is 78.6 Å². The van der Waals surface area contributed by atoms with Crippen LogP contribution in [0.1, 0.15) is 20.1 Å². The predicted octanol–water partition coefficient (Wildman–Crippen LogP) is 0.624. The van der Waals surface area contributed by atoms with Crippen LogP contribution in [0.2, 0.25) is 0 Å². The first-order valence-electron chi connectivity index (χ1n) is 7.79. The molecule has 6 heteroatoms. The molecule has 0 aromatic rings. The Hall–Kier alpha value is -0.850. The van der Waals surface area contributed by atoms with E-state index in [-0.39, 0.29) is 6.42 Å². The maximum absolute atomic E-state index is 11.5. The van der Waals surface area contributed by atoms with Gasteiger partial charge in [-0.05, 0) is 25.1 Å². The van der Waals surface area contributed by atoms with Crippen LogP contribution in [-0.2, 0) is 19.3 Å². The van der Waals surface area contributed by atoms with Gasteiger partial charge in [0.2, 0.25) is 0 Å². The zero-order chi connectivity index (χ0) is 18.1. The molecule has 5 nitrogen and oxygen atoms in total. The number of rotatable bonds is 6. The van der Waals surface area contributed by atoms with Gasteiger partial charge in [-0.25, -0.2) is 8.42 Å². The molecule has 1 aliphatic carbocycles. The standard InChI is InChI=1S/C12H21NO4S/c1-4-17-12(11(13)9-18(3,14)15)7-5-10(16-2)6-8-12/h5-7,11H,4,8-9,13H2,1-3H3/t11?,12-/m1/s1/i1D3,4D2. The van der Waals surface area contributed by atoms with Gasteiger partial charge in [0.15, 0.2) is 0 Å². The lowest BCUT2D eigenvalue weighted by molar-refractivity contribution is -0.0150. The lowest BCUT2D eigenvalue weighted by Crippen LogP contribution is -2.52. The summed E-state index contributed by atoms with van der Waals surface area (Å²) in [6.07, 6.45) is 5.31. The Morgan fingerprint density at radius 2 is 2.44 bits per heavy atom. The molecule has 0 aliphatic heterocycles. The van der Waals surface area contributed by atoms with E-state index in [1.165, 1.54) is 25.3 Å². The summed E-state index contributed by atoms with van der Waals surface area (Å²) in [7, 11) is -2.04. The van der Waals surface area contributed by atoms with Crippen LogP contribution < -0.4 is 5.73 Å². The molecule has 18 heavy (non-hydrogen) atoms. The van der Waals surface area contributed by atoms with Crippen LogP contribution in [0.25, 0.3) is 0 Å². The average Bonchev–Trinajstić information content (AvgIpc) is 2.35. The molecular weight excluding hydrogens is 254 g/mol. The second-order valence-electron chi connectivity index (χ2n) is 4.21. The normalized spacial score (nSPS) is 31.3. The van der Waals surface area contributed by atoms with Crippen molar-refractivity contribution in [1.29, 1.82) is 0 Å². The van der Waals surface area contributed by atoms with Crippen LogP contribution in [0.3, 0.4) is 0 Å². The molecule has 1 rings (SSSR count). The second kappa shape index (κ2) is 5.86. The Morgan fingerprint density at radius 1 is 1.72 bits per heavy atom. The molecule has 0 radical (unpaired) electrons. The fourth-order valence-corrected chi connectivity index (χ4v) is 2.69. The molecule has 1 unspecified atom stereocenters. The first-order chi connectivity index (χ1) is 10.2. The molecule has 104 valence electrons. The van der Waals surface area contributed by atoms with Crippen molar-refractivity contribution in [2.75, 3.05) is 25.7 Å². The number of sulfone groups is 1. The molecule has 2 N–H and O–H groups in total. The van der Waals surface area contributed by atoms with Gasteiger partial charge in [-0.3, -0.25) is 0 Å². The van der Waals surface area contributed by atoms with E-state index in [0.29, 0.717) is 5.76 Å². The SMILES string of the molecule is [2H]C([2H])([2H])C([2H])([2H])O[C@]1(C(N)CS(C)(=O)=O)C=CC(OC)=CC1. The maximum Gasteiger partial charge on any atom is 0.149 e. The van der Waals surface area contributed by atoms with Crippen molar-refractivity contribution in [1.82, 2.24) is 0 Å². The summed E-state index contributed by atoms with van der Waals surface area (Å²) in [5.74, 6) is -0.0184. The minimum atomic E-state index is -3.47. The van der Waals surface area contributed by atoms with Gasteiger partial charge in [0.1, 0.15) is 21.2 Å². The molecule has 0 amide bonds. The van der Waals surface area contributed by atoms with Crippen molar-refractivity contribution in [3.05, 3.63) is 24.0 Å². The van der Waals surface area contributed by atoms with Crippen molar-refractivity contribution in [2.45, 2.75) is 24.9 Å². The van der Waals surface area contributed by atoms with Crippen molar-refractivity contribution in [2.24, 2.45) is 5.73 Å². The molecular formula is C12H21NO4S. The third-order valence-corrected chi connectivity index (χ3v) is 3.70. The molecule has 0 spiro atoms. The minimum absolute atomic E-state index is 0.0149. The van der Waals surface area contributed by atoms with Crippen LogP contribution in [0, 0.1) is 0 Å². The Kier molecular flexibility index (Phi) is 2.97. The fraction of sp³-hybridized carbons (Fsp3) is 0.667. The molecule has 0 heterocycles. The molecule has 0 fully saturated rings. The monoisotopic (exact) mass is 280 g/mol. The molecule has 0 aromatic heterocycles. The summed E-state index contributed by atoms with van der Waals surface area (Å²) in [5.41, 5.74) is 4.32. The van der Waals surface area contributed by atoms with Gasteiger partial charge in [-0.2, -0.15) is 0 Å². The van der Waals surface area contributed by atoms with E-state index in [2.05, 4.69) is 0 Å². The Balaban J connectivity index is 3.19. The number of nitrogens with two attached hydrogens (primary N) is 1. The van der Waals surface area contributed by atoms with Gasteiger partial charge in [0.05, 0.1) is 21.6 Å². The number of methoxy groups -OCH3 is 1. The molecule has 1 aliphatic rings. The van der Waals surface area contributed by atoms with E-state index in [1.54, 1.807) is 0 Å². The van der Waals surface area contributed by atoms with Crippen molar-refractivity contribution in [3.8, 4) is 0 Å². The van der Waals surface area contributed by atoms with Crippen molar-refractivity contribution < 1.29 is 24.7 Å². The van der Waals surface area contributed by atoms with Crippen molar-refractivity contribution in [3.63, 3.8) is 0 Å². The lowest BCUT2D eigenvalue weighted by Gasteiger charge is -2.36. The summed E-state index contributed by atoms with van der Waals surface area (Å²) < 4.78 is 70.3. The highest BCUT2D eigenvalue weighted by Gasteiger charge is 2.37. The number of allylic oxidation sites excluding steroid dienone is 1. The smallest absolute Gasteiger partial charge is 0.149 e. The van der Waals surface area contributed by atoms with E-state index in [0.717, 1.165) is 6.26 Å². The Morgan fingerprint density at radius 3 is 2.89 bits per heavy atom. The van der Waals surface area contributed by atoms with Crippen LogP contribution in [0.4, 0.5) is 0 Å². The van der Waals surface area contributed by atoms with Crippen molar-refractivity contribution >= 4 is 9.84 Å². The summed E-state index contributed by atoms with van der Waals surface area (Å²) in [6.45, 7) is -6.05. The fourth-order valence-electron chi connectivity index (χ4n) is 1.76. The highest BCUT2D eigenvalue weighted by atomic mass is 32.2. The highest BCUT2D eigenvalue weighted by molar-refractivity contribution is 7.90. The first-order valence-corrected chi connectivity index (χ1v) is 7.35. The molecule has 0 saturated carbocycles. The zero-order valence-corrected chi connectivity index (χ0v) is 11.2. The largest absolute Gasteiger partial charge is 0.497 e. The Labute approximate surface area is 116 Å². The third-order valence-electron chi connectivity index (χ3n) is 2.74. The van der Waals surface area contributed by atoms with Gasteiger partial charge in [0, 0.05) is 23.3 Å². The number of ether oxygens (including phenoxy) is 2. The van der Waals surface area contributed by atoms with Gasteiger partial charge in [0.25, 0.3) is 0 Å². The van der Waals surface area contributed by atoms with E-state index < -0.39 is 40.6 Å². The number of hydrogen-bond acceptors (Lipinski definition) is 5. The average molecular weight is 280 g/mol. The zero-order valence-electron chi connectivity index (χ0n) is 15.3. The number of hydrogen-bond donors (Lipinski definition) is 1. The summed E-state index contributed by atoms with van der Waals surface area (Å²) >= 11 is 0. The first kappa shape index (κ1) is 9.12. The van der Waals surface area contributed by atoms with Gasteiger partial charge >= 0.3 is 0 Å². The maximum atomic E-state index is 11.5. The van der Waals surface area contributed by atoms with E-state index in [9.17, 15) is 8.42 Å². The van der Waals surface area contributed by atoms with Gasteiger partial charge in [-0.15, -0.1) is 0 Å². The highest BCUT2D eigenvalue weighted by Crippen LogP contribution is 2.28. The molecule has 2 atom stereocenters. The van der Waals surface area contributed by atoms with E-state index in [4.69, 9.17) is 22.1 Å². The lowest BCUT2D eigenvalue weighted by atomic mass is 9.88.